The molecule has 3 rings (SSSR count). The van der Waals surface area contributed by atoms with Crippen molar-refractivity contribution in [3.8, 4) is 0 Å². The number of hydrogen-bond donors (Lipinski definition) is 0. The van der Waals surface area contributed by atoms with Crippen molar-refractivity contribution in [3.63, 3.8) is 0 Å². The van der Waals surface area contributed by atoms with Gasteiger partial charge in [0.2, 0.25) is 0 Å². The van der Waals surface area contributed by atoms with E-state index >= 15 is 0 Å². The van der Waals surface area contributed by atoms with Crippen LogP contribution in [0.1, 0.15) is 51.7 Å². The first kappa shape index (κ1) is 13.6. The van der Waals surface area contributed by atoms with E-state index in [4.69, 9.17) is 4.74 Å². The van der Waals surface area contributed by atoms with Crippen LogP contribution in [0.3, 0.4) is 0 Å². The van der Waals surface area contributed by atoms with Crippen LogP contribution in [0.5, 0.6) is 0 Å². The molecule has 1 aliphatic carbocycles. The highest BCUT2D eigenvalue weighted by Crippen LogP contribution is 2.30. The van der Waals surface area contributed by atoms with Gasteiger partial charge in [0, 0.05) is 18.4 Å². The molecule has 2 heterocycles. The number of aryl methyl sites for hydroxylation is 1. The molecule has 2 aliphatic rings. The molecule has 5 nitrogen and oxygen atoms in total. The van der Waals surface area contributed by atoms with Crippen LogP contribution in [0, 0.1) is 11.8 Å². The number of aromatic nitrogens is 3. The minimum Gasteiger partial charge on any atom is -0.465 e. The Balaban J connectivity index is 1.70. The van der Waals surface area contributed by atoms with Gasteiger partial charge in [0.1, 0.15) is 11.6 Å². The minimum atomic E-state index is -0.0505. The third-order valence-corrected chi connectivity index (χ3v) is 4.11. The fourth-order valence-corrected chi connectivity index (χ4v) is 2.68. The summed E-state index contributed by atoms with van der Waals surface area (Å²) in [6.07, 6.45) is 4.06. The van der Waals surface area contributed by atoms with E-state index in [2.05, 4.69) is 35.5 Å². The first-order valence-corrected chi connectivity index (χ1v) is 7.54. The van der Waals surface area contributed by atoms with Gasteiger partial charge in [0.05, 0.1) is 12.5 Å². The van der Waals surface area contributed by atoms with Crippen LogP contribution in [0.25, 0.3) is 0 Å². The number of fused-ring (bicyclic) bond motifs is 1. The second-order valence-electron chi connectivity index (χ2n) is 7.11. The van der Waals surface area contributed by atoms with Gasteiger partial charge in [-0.3, -0.25) is 4.79 Å². The van der Waals surface area contributed by atoms with Gasteiger partial charge in [0.25, 0.3) is 0 Å². The zero-order valence-corrected chi connectivity index (χ0v) is 12.6. The van der Waals surface area contributed by atoms with E-state index in [0.29, 0.717) is 19.1 Å². The third kappa shape index (κ3) is 2.72. The number of rotatable bonds is 3. The molecule has 1 unspecified atom stereocenters. The van der Waals surface area contributed by atoms with Crippen LogP contribution in [0.15, 0.2) is 0 Å². The van der Waals surface area contributed by atoms with E-state index in [1.165, 1.54) is 12.8 Å². The maximum absolute atomic E-state index is 12.1. The van der Waals surface area contributed by atoms with Crippen molar-refractivity contribution in [2.45, 2.75) is 58.4 Å². The van der Waals surface area contributed by atoms with Crippen LogP contribution >= 0.6 is 0 Å². The molecule has 1 saturated carbocycles. The molecule has 1 aromatic rings. The molecule has 110 valence electrons. The SMILES string of the molecule is CC(C)(C)c1nnc2n1CC(C(=O)OCC1CC1)CC2. The van der Waals surface area contributed by atoms with E-state index in [9.17, 15) is 4.79 Å². The zero-order valence-electron chi connectivity index (χ0n) is 12.6. The summed E-state index contributed by atoms with van der Waals surface area (Å²) in [5.74, 6) is 2.50. The normalized spacial score (nSPS) is 22.4. The molecule has 1 aromatic heterocycles. The summed E-state index contributed by atoms with van der Waals surface area (Å²) >= 11 is 0. The topological polar surface area (TPSA) is 57.0 Å². The molecular weight excluding hydrogens is 254 g/mol. The highest BCUT2D eigenvalue weighted by molar-refractivity contribution is 5.72. The Kier molecular flexibility index (Phi) is 3.30. The summed E-state index contributed by atoms with van der Waals surface area (Å²) in [6.45, 7) is 7.65. The Bertz CT molecular complexity index is 512. The van der Waals surface area contributed by atoms with Gasteiger partial charge < -0.3 is 9.30 Å². The molecule has 0 amide bonds. The summed E-state index contributed by atoms with van der Waals surface area (Å²) in [5, 5.41) is 8.57. The fourth-order valence-electron chi connectivity index (χ4n) is 2.68. The second-order valence-corrected chi connectivity index (χ2v) is 7.11. The lowest BCUT2D eigenvalue weighted by Crippen LogP contribution is -2.31. The van der Waals surface area contributed by atoms with Crippen molar-refractivity contribution in [3.05, 3.63) is 11.6 Å². The number of esters is 1. The zero-order chi connectivity index (χ0) is 14.3. The van der Waals surface area contributed by atoms with E-state index < -0.39 is 0 Å². The molecule has 0 spiro atoms. The largest absolute Gasteiger partial charge is 0.465 e. The van der Waals surface area contributed by atoms with Crippen molar-refractivity contribution in [1.29, 1.82) is 0 Å². The second kappa shape index (κ2) is 4.86. The lowest BCUT2D eigenvalue weighted by atomic mass is 9.93. The number of ether oxygens (including phenoxy) is 1. The molecule has 0 bridgehead atoms. The van der Waals surface area contributed by atoms with Crippen LogP contribution in [0.2, 0.25) is 0 Å². The van der Waals surface area contributed by atoms with Crippen LogP contribution < -0.4 is 0 Å². The Morgan fingerprint density at radius 3 is 2.70 bits per heavy atom. The van der Waals surface area contributed by atoms with Gasteiger partial charge in [0.15, 0.2) is 0 Å². The molecule has 0 radical (unpaired) electrons. The smallest absolute Gasteiger partial charge is 0.310 e. The summed E-state index contributed by atoms with van der Waals surface area (Å²) in [5.41, 5.74) is -0.0505. The first-order chi connectivity index (χ1) is 9.45. The summed E-state index contributed by atoms with van der Waals surface area (Å²) < 4.78 is 7.55. The molecule has 5 heteroatoms. The molecule has 0 N–H and O–H groups in total. The Hall–Kier alpha value is -1.39. The average Bonchev–Trinajstić information content (AvgIpc) is 3.11. The van der Waals surface area contributed by atoms with Crippen molar-refractivity contribution >= 4 is 5.97 Å². The van der Waals surface area contributed by atoms with E-state index in [0.717, 1.165) is 24.5 Å². The number of carbonyl (C=O) groups excluding carboxylic acids is 1. The van der Waals surface area contributed by atoms with E-state index in [1.807, 2.05) is 0 Å². The number of nitrogens with zero attached hydrogens (tertiary/aromatic N) is 3. The maximum atomic E-state index is 12.1. The molecular formula is C15H23N3O2. The number of carbonyl (C=O) groups is 1. The molecule has 1 atom stereocenters. The van der Waals surface area contributed by atoms with Gasteiger partial charge in [-0.15, -0.1) is 10.2 Å². The van der Waals surface area contributed by atoms with Crippen LogP contribution in [-0.2, 0) is 27.9 Å². The molecule has 1 fully saturated rings. The monoisotopic (exact) mass is 277 g/mol. The summed E-state index contributed by atoms with van der Waals surface area (Å²) in [6, 6.07) is 0. The quantitative estimate of drug-likeness (QED) is 0.794. The molecule has 0 saturated heterocycles. The van der Waals surface area contributed by atoms with Crippen molar-refractivity contribution in [2.75, 3.05) is 6.61 Å². The van der Waals surface area contributed by atoms with E-state index in [1.54, 1.807) is 0 Å². The van der Waals surface area contributed by atoms with E-state index in [-0.39, 0.29) is 17.3 Å². The predicted octanol–water partition coefficient (Wildman–Crippen LogP) is 2.09. The highest BCUT2D eigenvalue weighted by atomic mass is 16.5. The van der Waals surface area contributed by atoms with Crippen molar-refractivity contribution in [1.82, 2.24) is 14.8 Å². The Morgan fingerprint density at radius 1 is 1.30 bits per heavy atom. The van der Waals surface area contributed by atoms with Gasteiger partial charge in [-0.1, -0.05) is 20.8 Å². The van der Waals surface area contributed by atoms with Crippen LogP contribution in [-0.4, -0.2) is 27.3 Å². The summed E-state index contributed by atoms with van der Waals surface area (Å²) in [7, 11) is 0. The average molecular weight is 277 g/mol. The fraction of sp³-hybridized carbons (Fsp3) is 0.800. The number of hydrogen-bond acceptors (Lipinski definition) is 4. The molecule has 1 aliphatic heterocycles. The van der Waals surface area contributed by atoms with Gasteiger partial charge in [-0.2, -0.15) is 0 Å². The van der Waals surface area contributed by atoms with Gasteiger partial charge in [-0.05, 0) is 25.2 Å². The predicted molar refractivity (Wildman–Crippen MR) is 74.2 cm³/mol. The Morgan fingerprint density at radius 2 is 2.05 bits per heavy atom. The van der Waals surface area contributed by atoms with Crippen LogP contribution in [0.4, 0.5) is 0 Å². The lowest BCUT2D eigenvalue weighted by molar-refractivity contribution is -0.150. The van der Waals surface area contributed by atoms with Crippen molar-refractivity contribution in [2.24, 2.45) is 11.8 Å². The third-order valence-electron chi connectivity index (χ3n) is 4.11. The van der Waals surface area contributed by atoms with Crippen molar-refractivity contribution < 1.29 is 9.53 Å². The lowest BCUT2D eigenvalue weighted by Gasteiger charge is -2.26. The van der Waals surface area contributed by atoms with Gasteiger partial charge >= 0.3 is 5.97 Å². The molecule has 0 aromatic carbocycles. The Labute approximate surface area is 119 Å². The maximum Gasteiger partial charge on any atom is 0.310 e. The standard InChI is InChI=1S/C15H23N3O2/c1-15(2,3)14-17-16-12-7-6-11(8-18(12)14)13(19)20-9-10-4-5-10/h10-11H,4-9H2,1-3H3. The first-order valence-electron chi connectivity index (χ1n) is 7.54. The molecule has 20 heavy (non-hydrogen) atoms. The van der Waals surface area contributed by atoms with Gasteiger partial charge in [-0.25, -0.2) is 0 Å². The minimum absolute atomic E-state index is 0.0432. The highest BCUT2D eigenvalue weighted by Gasteiger charge is 2.33. The summed E-state index contributed by atoms with van der Waals surface area (Å²) in [4.78, 5) is 12.1.